The van der Waals surface area contributed by atoms with E-state index in [1.54, 1.807) is 0 Å². The highest BCUT2D eigenvalue weighted by Gasteiger charge is 2.51. The fraction of sp³-hybridized carbons (Fsp3) is 0.0667. The van der Waals surface area contributed by atoms with Gasteiger partial charge in [0.2, 0.25) is 0 Å². The average Bonchev–Trinajstić information content (AvgIpc) is 3.57. The molecule has 1 heterocycles. The Hall–Kier alpha value is -5.66. The van der Waals surface area contributed by atoms with E-state index >= 15 is 0 Å². The molecule has 1 heteroatoms. The van der Waals surface area contributed by atoms with Gasteiger partial charge in [-0.15, -0.1) is 0 Å². The van der Waals surface area contributed by atoms with Gasteiger partial charge in [0.15, 0.2) is 0 Å². The molecule has 46 heavy (non-hydrogen) atoms. The second-order valence-corrected chi connectivity index (χ2v) is 12.9. The molecular formula is C45H30O. The molecule has 10 rings (SSSR count). The van der Waals surface area contributed by atoms with Gasteiger partial charge in [0.1, 0.15) is 11.5 Å². The molecule has 216 valence electrons. The first-order chi connectivity index (χ1) is 22.7. The van der Waals surface area contributed by atoms with Crippen LogP contribution < -0.4 is 4.74 Å². The normalized spacial score (nSPS) is 17.2. The fourth-order valence-corrected chi connectivity index (χ4v) is 8.94. The smallest absolute Gasteiger partial charge is 0.140 e. The van der Waals surface area contributed by atoms with Gasteiger partial charge in [-0.1, -0.05) is 158 Å². The Morgan fingerprint density at radius 3 is 1.59 bits per heavy atom. The van der Waals surface area contributed by atoms with Crippen molar-refractivity contribution in [1.29, 1.82) is 0 Å². The van der Waals surface area contributed by atoms with Crippen molar-refractivity contribution in [1.82, 2.24) is 0 Å². The summed E-state index contributed by atoms with van der Waals surface area (Å²) in [7, 11) is 0. The summed E-state index contributed by atoms with van der Waals surface area (Å²) in [6, 6.07) is 60.0. The van der Waals surface area contributed by atoms with Crippen LogP contribution in [0.25, 0.3) is 33.4 Å². The van der Waals surface area contributed by atoms with Crippen LogP contribution in [-0.2, 0) is 10.8 Å². The molecule has 7 aromatic rings. The maximum Gasteiger partial charge on any atom is 0.140 e. The standard InChI is InChI=1S/C45H30O/c1-44(29-15-3-2-4-16-29)35-22-8-7-19-34(35)42-32(20-13-26-39(42)44)33-21-14-27-40-43(33)46-41-28-12-11-25-38(41)45(40)36-23-9-5-17-30(36)31-18-6-10-24-37(31)45/h2-28H,1H3. The number of hydrogen-bond donors (Lipinski definition) is 0. The molecule has 2 aliphatic carbocycles. The third kappa shape index (κ3) is 3.05. The van der Waals surface area contributed by atoms with Crippen LogP contribution in [0, 0.1) is 0 Å². The van der Waals surface area contributed by atoms with E-state index in [1.165, 1.54) is 66.8 Å². The predicted octanol–water partition coefficient (Wildman–Crippen LogP) is 11.2. The first-order valence-electron chi connectivity index (χ1n) is 16.1. The van der Waals surface area contributed by atoms with E-state index in [-0.39, 0.29) is 5.41 Å². The maximum absolute atomic E-state index is 7.06. The summed E-state index contributed by atoms with van der Waals surface area (Å²) < 4.78 is 7.06. The van der Waals surface area contributed by atoms with E-state index in [4.69, 9.17) is 4.74 Å². The van der Waals surface area contributed by atoms with E-state index in [1.807, 2.05) is 0 Å². The van der Waals surface area contributed by atoms with Crippen molar-refractivity contribution in [2.75, 3.05) is 0 Å². The van der Waals surface area contributed by atoms with Crippen LogP contribution in [0.4, 0.5) is 0 Å². The number of ether oxygens (including phenoxy) is 1. The van der Waals surface area contributed by atoms with Crippen molar-refractivity contribution >= 4 is 0 Å². The second kappa shape index (κ2) is 9.19. The van der Waals surface area contributed by atoms with E-state index in [2.05, 4.69) is 171 Å². The van der Waals surface area contributed by atoms with E-state index < -0.39 is 5.41 Å². The zero-order valence-electron chi connectivity index (χ0n) is 25.5. The van der Waals surface area contributed by atoms with Gasteiger partial charge in [0.25, 0.3) is 0 Å². The van der Waals surface area contributed by atoms with Gasteiger partial charge in [0, 0.05) is 22.1 Å². The molecule has 0 saturated carbocycles. The van der Waals surface area contributed by atoms with Gasteiger partial charge >= 0.3 is 0 Å². The first-order valence-corrected chi connectivity index (χ1v) is 16.1. The van der Waals surface area contributed by atoms with Crippen molar-refractivity contribution in [2.45, 2.75) is 17.8 Å². The Morgan fingerprint density at radius 2 is 0.870 bits per heavy atom. The average molecular weight is 587 g/mol. The molecule has 1 aliphatic heterocycles. The van der Waals surface area contributed by atoms with Crippen LogP contribution >= 0.6 is 0 Å². The summed E-state index contributed by atoms with van der Waals surface area (Å²) >= 11 is 0. The molecule has 0 saturated heterocycles. The molecule has 0 radical (unpaired) electrons. The van der Waals surface area contributed by atoms with Gasteiger partial charge in [0.05, 0.1) is 5.41 Å². The maximum atomic E-state index is 7.06. The highest BCUT2D eigenvalue weighted by atomic mass is 16.5. The number of rotatable bonds is 2. The summed E-state index contributed by atoms with van der Waals surface area (Å²) in [4.78, 5) is 0. The molecule has 0 fully saturated rings. The molecule has 7 aromatic carbocycles. The Bertz CT molecular complexity index is 2320. The lowest BCUT2D eigenvalue weighted by Gasteiger charge is -2.40. The monoisotopic (exact) mass is 586 g/mol. The van der Waals surface area contributed by atoms with Crippen LogP contribution in [0.5, 0.6) is 11.5 Å². The van der Waals surface area contributed by atoms with Crippen LogP contribution in [0.1, 0.15) is 45.9 Å². The third-order valence-corrected chi connectivity index (χ3v) is 10.9. The Kier molecular flexibility index (Phi) is 5.12. The van der Waals surface area contributed by atoms with Gasteiger partial charge < -0.3 is 4.74 Å². The molecule has 0 N–H and O–H groups in total. The highest BCUT2D eigenvalue weighted by Crippen LogP contribution is 2.64. The lowest BCUT2D eigenvalue weighted by atomic mass is 9.65. The molecule has 1 atom stereocenters. The molecule has 1 unspecified atom stereocenters. The van der Waals surface area contributed by atoms with E-state index in [9.17, 15) is 0 Å². The summed E-state index contributed by atoms with van der Waals surface area (Å²) in [6.45, 7) is 2.38. The minimum absolute atomic E-state index is 0.268. The summed E-state index contributed by atoms with van der Waals surface area (Å²) in [5.41, 5.74) is 15.7. The highest BCUT2D eigenvalue weighted by molar-refractivity contribution is 5.97. The Balaban J connectivity index is 1.30. The number of fused-ring (bicyclic) bond motifs is 12. The van der Waals surface area contributed by atoms with Crippen LogP contribution in [0.15, 0.2) is 164 Å². The zero-order valence-corrected chi connectivity index (χ0v) is 25.5. The summed E-state index contributed by atoms with van der Waals surface area (Å²) in [5, 5.41) is 0. The summed E-state index contributed by atoms with van der Waals surface area (Å²) in [5.74, 6) is 1.85. The van der Waals surface area contributed by atoms with Crippen molar-refractivity contribution in [3.8, 4) is 44.9 Å². The predicted molar refractivity (Wildman–Crippen MR) is 187 cm³/mol. The van der Waals surface area contributed by atoms with Gasteiger partial charge in [-0.3, -0.25) is 0 Å². The number of para-hydroxylation sites is 2. The number of hydrogen-bond acceptors (Lipinski definition) is 1. The third-order valence-electron chi connectivity index (χ3n) is 10.9. The topological polar surface area (TPSA) is 9.23 Å². The van der Waals surface area contributed by atoms with E-state index in [0.29, 0.717) is 0 Å². The second-order valence-electron chi connectivity index (χ2n) is 12.9. The molecule has 0 aromatic heterocycles. The molecule has 1 nitrogen and oxygen atoms in total. The zero-order chi connectivity index (χ0) is 30.5. The molecule has 1 spiro atoms. The molecule has 0 bridgehead atoms. The quantitative estimate of drug-likeness (QED) is 0.196. The largest absolute Gasteiger partial charge is 0.456 e. The Labute approximate surface area is 269 Å². The van der Waals surface area contributed by atoms with Crippen LogP contribution in [0.2, 0.25) is 0 Å². The SMILES string of the molecule is CC1(c2ccccc2)c2ccccc2-c2c(-c3cccc4c3Oc3ccccc3C43c4ccccc4-c4ccccc43)cccc21. The molecular weight excluding hydrogens is 556 g/mol. The van der Waals surface area contributed by atoms with Crippen molar-refractivity contribution in [3.05, 3.63) is 203 Å². The minimum atomic E-state index is -0.484. The summed E-state index contributed by atoms with van der Waals surface area (Å²) in [6.07, 6.45) is 0. The molecule has 0 amide bonds. The van der Waals surface area contributed by atoms with Crippen molar-refractivity contribution in [2.24, 2.45) is 0 Å². The minimum Gasteiger partial charge on any atom is -0.456 e. The van der Waals surface area contributed by atoms with Crippen LogP contribution in [-0.4, -0.2) is 0 Å². The number of benzene rings is 7. The van der Waals surface area contributed by atoms with Crippen molar-refractivity contribution < 1.29 is 4.74 Å². The van der Waals surface area contributed by atoms with Crippen molar-refractivity contribution in [3.63, 3.8) is 0 Å². The van der Waals surface area contributed by atoms with E-state index in [0.717, 1.165) is 17.1 Å². The van der Waals surface area contributed by atoms with Crippen LogP contribution in [0.3, 0.4) is 0 Å². The fourth-order valence-electron chi connectivity index (χ4n) is 8.94. The molecule has 3 aliphatic rings. The lowest BCUT2D eigenvalue weighted by molar-refractivity contribution is 0.438. The van der Waals surface area contributed by atoms with Gasteiger partial charge in [-0.05, 0) is 68.6 Å². The van der Waals surface area contributed by atoms with Gasteiger partial charge in [-0.25, -0.2) is 0 Å². The van der Waals surface area contributed by atoms with Gasteiger partial charge in [-0.2, -0.15) is 0 Å². The Morgan fingerprint density at radius 1 is 0.370 bits per heavy atom. The first kappa shape index (κ1) is 25.6. The lowest BCUT2D eigenvalue weighted by Crippen LogP contribution is -2.32.